The van der Waals surface area contributed by atoms with Crippen molar-refractivity contribution in [2.75, 3.05) is 19.3 Å². The van der Waals surface area contributed by atoms with Crippen molar-refractivity contribution in [1.82, 2.24) is 4.90 Å². The number of amides is 1. The Morgan fingerprint density at radius 1 is 1.59 bits per heavy atom. The van der Waals surface area contributed by atoms with Gasteiger partial charge in [-0.15, -0.1) is 0 Å². The summed E-state index contributed by atoms with van der Waals surface area (Å²) in [6.07, 6.45) is 1.20. The van der Waals surface area contributed by atoms with Gasteiger partial charge < -0.3 is 15.7 Å². The maximum atomic E-state index is 12.1. The zero-order chi connectivity index (χ0) is 12.6. The van der Waals surface area contributed by atoms with Crippen molar-refractivity contribution in [3.8, 4) is 5.75 Å². The molecule has 1 saturated carbocycles. The van der Waals surface area contributed by atoms with Gasteiger partial charge in [-0.05, 0) is 36.5 Å². The van der Waals surface area contributed by atoms with Crippen molar-refractivity contribution < 1.29 is 9.90 Å². The summed E-state index contributed by atoms with van der Waals surface area (Å²) in [6, 6.07) is 4.62. The fraction of sp³-hybridized carbons (Fsp3) is 0.462. The second-order valence-electron chi connectivity index (χ2n) is 4.93. The SMILES string of the molecule is CC1CC1CN(C)C(=O)c1ccc(N)c(O)c1. The Hall–Kier alpha value is -1.71. The van der Waals surface area contributed by atoms with Crippen LogP contribution in [0.2, 0.25) is 0 Å². The number of hydrogen-bond acceptors (Lipinski definition) is 3. The Morgan fingerprint density at radius 2 is 2.24 bits per heavy atom. The van der Waals surface area contributed by atoms with E-state index in [9.17, 15) is 9.90 Å². The maximum absolute atomic E-state index is 12.1. The van der Waals surface area contributed by atoms with Crippen LogP contribution >= 0.6 is 0 Å². The number of benzene rings is 1. The van der Waals surface area contributed by atoms with E-state index in [1.54, 1.807) is 24.1 Å². The molecule has 3 N–H and O–H groups in total. The lowest BCUT2D eigenvalue weighted by molar-refractivity contribution is 0.0786. The molecule has 4 nitrogen and oxygen atoms in total. The summed E-state index contributed by atoms with van der Waals surface area (Å²) in [5.74, 6) is 1.25. The minimum absolute atomic E-state index is 0.0379. The molecule has 0 aromatic heterocycles. The molecule has 2 unspecified atom stereocenters. The first-order valence-corrected chi connectivity index (χ1v) is 5.83. The third-order valence-electron chi connectivity index (χ3n) is 3.41. The van der Waals surface area contributed by atoms with Gasteiger partial charge in [0.2, 0.25) is 0 Å². The number of hydrogen-bond donors (Lipinski definition) is 2. The second-order valence-corrected chi connectivity index (χ2v) is 4.93. The highest BCUT2D eigenvalue weighted by molar-refractivity contribution is 5.95. The first kappa shape index (κ1) is 11.8. The summed E-state index contributed by atoms with van der Waals surface area (Å²) in [5, 5.41) is 9.47. The number of carbonyl (C=O) groups excluding carboxylic acids is 1. The molecule has 0 radical (unpaired) electrons. The molecule has 17 heavy (non-hydrogen) atoms. The number of phenols is 1. The summed E-state index contributed by atoms with van der Waals surface area (Å²) in [7, 11) is 1.79. The van der Waals surface area contributed by atoms with Crippen molar-refractivity contribution in [3.63, 3.8) is 0 Å². The number of nitrogens with zero attached hydrogens (tertiary/aromatic N) is 1. The van der Waals surface area contributed by atoms with Gasteiger partial charge in [0.1, 0.15) is 5.75 Å². The van der Waals surface area contributed by atoms with Gasteiger partial charge in [0, 0.05) is 19.2 Å². The molecule has 2 atom stereocenters. The molecule has 1 amide bonds. The number of rotatable bonds is 3. The van der Waals surface area contributed by atoms with Gasteiger partial charge in [-0.2, -0.15) is 0 Å². The first-order valence-electron chi connectivity index (χ1n) is 5.83. The van der Waals surface area contributed by atoms with Crippen LogP contribution in [0, 0.1) is 11.8 Å². The quantitative estimate of drug-likeness (QED) is 0.618. The molecule has 1 aliphatic carbocycles. The monoisotopic (exact) mass is 234 g/mol. The molecule has 0 heterocycles. The lowest BCUT2D eigenvalue weighted by Gasteiger charge is -2.17. The van der Waals surface area contributed by atoms with Crippen LogP contribution in [0.25, 0.3) is 0 Å². The smallest absolute Gasteiger partial charge is 0.253 e. The molecule has 1 aromatic rings. The molecule has 2 rings (SSSR count). The molecule has 0 spiro atoms. The Bertz CT molecular complexity index is 445. The summed E-state index contributed by atoms with van der Waals surface area (Å²) in [6.45, 7) is 2.98. The maximum Gasteiger partial charge on any atom is 0.253 e. The standard InChI is InChI=1S/C13H18N2O2/c1-8-5-10(8)7-15(2)13(17)9-3-4-11(14)12(16)6-9/h3-4,6,8,10,16H,5,7,14H2,1-2H3. The summed E-state index contributed by atoms with van der Waals surface area (Å²) in [4.78, 5) is 13.8. The van der Waals surface area contributed by atoms with Crippen molar-refractivity contribution in [2.24, 2.45) is 11.8 Å². The lowest BCUT2D eigenvalue weighted by atomic mass is 10.1. The van der Waals surface area contributed by atoms with Gasteiger partial charge in [0.15, 0.2) is 0 Å². The van der Waals surface area contributed by atoms with Gasteiger partial charge >= 0.3 is 0 Å². The van der Waals surface area contributed by atoms with Gasteiger partial charge in [-0.25, -0.2) is 0 Å². The fourth-order valence-corrected chi connectivity index (χ4v) is 1.99. The molecule has 4 heteroatoms. The minimum atomic E-state index is -0.0700. The van der Waals surface area contributed by atoms with Gasteiger partial charge in [0.25, 0.3) is 5.91 Å². The average molecular weight is 234 g/mol. The summed E-state index contributed by atoms with van der Waals surface area (Å²) < 4.78 is 0. The molecule has 0 bridgehead atoms. The number of aromatic hydroxyl groups is 1. The Balaban J connectivity index is 2.05. The van der Waals surface area contributed by atoms with Crippen LogP contribution in [-0.2, 0) is 0 Å². The fourth-order valence-electron chi connectivity index (χ4n) is 1.99. The predicted molar refractivity (Wildman–Crippen MR) is 66.8 cm³/mol. The average Bonchev–Trinajstić information content (AvgIpc) is 2.97. The van der Waals surface area contributed by atoms with E-state index in [-0.39, 0.29) is 11.7 Å². The third kappa shape index (κ3) is 2.52. The van der Waals surface area contributed by atoms with E-state index in [1.807, 2.05) is 0 Å². The van der Waals surface area contributed by atoms with Gasteiger partial charge in [-0.1, -0.05) is 6.92 Å². The van der Waals surface area contributed by atoms with E-state index in [2.05, 4.69) is 6.92 Å². The van der Waals surface area contributed by atoms with Crippen molar-refractivity contribution in [2.45, 2.75) is 13.3 Å². The van der Waals surface area contributed by atoms with Crippen LogP contribution in [0.5, 0.6) is 5.75 Å². The van der Waals surface area contributed by atoms with Crippen LogP contribution in [0.3, 0.4) is 0 Å². The highest BCUT2D eigenvalue weighted by atomic mass is 16.3. The van der Waals surface area contributed by atoms with E-state index in [0.29, 0.717) is 17.2 Å². The van der Waals surface area contributed by atoms with Crippen molar-refractivity contribution in [1.29, 1.82) is 0 Å². The molecule has 1 aromatic carbocycles. The molecule has 0 aliphatic heterocycles. The van der Waals surface area contributed by atoms with Crippen LogP contribution in [0.15, 0.2) is 18.2 Å². The largest absolute Gasteiger partial charge is 0.506 e. The molecule has 92 valence electrons. The van der Waals surface area contributed by atoms with Crippen molar-refractivity contribution >= 4 is 11.6 Å². The first-order chi connectivity index (χ1) is 7.99. The van der Waals surface area contributed by atoms with Gasteiger partial charge in [-0.3, -0.25) is 4.79 Å². The predicted octanol–water partition coefficient (Wildman–Crippen LogP) is 1.70. The zero-order valence-corrected chi connectivity index (χ0v) is 10.2. The number of anilines is 1. The minimum Gasteiger partial charge on any atom is -0.506 e. The number of nitrogen functional groups attached to an aromatic ring is 1. The van der Waals surface area contributed by atoms with Crippen LogP contribution in [-0.4, -0.2) is 29.5 Å². The summed E-state index contributed by atoms with van der Waals surface area (Å²) >= 11 is 0. The normalized spacial score (nSPS) is 22.2. The molecular weight excluding hydrogens is 216 g/mol. The van der Waals surface area contributed by atoms with Crippen LogP contribution < -0.4 is 5.73 Å². The van der Waals surface area contributed by atoms with E-state index < -0.39 is 0 Å². The lowest BCUT2D eigenvalue weighted by Crippen LogP contribution is -2.29. The molecule has 1 fully saturated rings. The van der Waals surface area contributed by atoms with Gasteiger partial charge in [0.05, 0.1) is 5.69 Å². The van der Waals surface area contributed by atoms with Crippen LogP contribution in [0.4, 0.5) is 5.69 Å². The highest BCUT2D eigenvalue weighted by Crippen LogP contribution is 2.38. The Kier molecular flexibility index (Phi) is 2.96. The number of carbonyl (C=O) groups is 1. The van der Waals surface area contributed by atoms with Crippen LogP contribution in [0.1, 0.15) is 23.7 Å². The Morgan fingerprint density at radius 3 is 2.76 bits per heavy atom. The highest BCUT2D eigenvalue weighted by Gasteiger charge is 2.34. The number of phenolic OH excluding ortho intramolecular Hbond substituents is 1. The molecular formula is C13H18N2O2. The molecule has 1 aliphatic rings. The van der Waals surface area contributed by atoms with E-state index >= 15 is 0 Å². The summed E-state index contributed by atoms with van der Waals surface area (Å²) in [5.41, 5.74) is 6.27. The van der Waals surface area contributed by atoms with E-state index in [1.165, 1.54) is 12.5 Å². The Labute approximate surface area is 101 Å². The molecule has 0 saturated heterocycles. The second kappa shape index (κ2) is 4.28. The zero-order valence-electron chi connectivity index (χ0n) is 10.2. The topological polar surface area (TPSA) is 66.6 Å². The third-order valence-corrected chi connectivity index (χ3v) is 3.41. The van der Waals surface area contributed by atoms with E-state index in [4.69, 9.17) is 5.73 Å². The number of nitrogens with two attached hydrogens (primary N) is 1. The van der Waals surface area contributed by atoms with E-state index in [0.717, 1.165) is 12.5 Å². The van der Waals surface area contributed by atoms with Crippen molar-refractivity contribution in [3.05, 3.63) is 23.8 Å².